The first kappa shape index (κ1) is 12.2. The third kappa shape index (κ3) is 3.34. The van der Waals surface area contributed by atoms with Gasteiger partial charge in [-0.25, -0.2) is 0 Å². The maximum Gasteiger partial charge on any atom is 0.273 e. The zero-order chi connectivity index (χ0) is 12.0. The molecule has 5 nitrogen and oxygen atoms in total. The maximum atomic E-state index is 11.5. The Morgan fingerprint density at radius 2 is 2.25 bits per heavy atom. The van der Waals surface area contributed by atoms with Crippen LogP contribution in [0.2, 0.25) is 0 Å². The zero-order valence-corrected chi connectivity index (χ0v) is 9.60. The molecule has 0 radical (unpaired) electrons. The lowest BCUT2D eigenvalue weighted by atomic mass is 10.3. The van der Waals surface area contributed by atoms with Crippen LogP contribution in [-0.2, 0) is 0 Å². The van der Waals surface area contributed by atoms with Gasteiger partial charge >= 0.3 is 0 Å². The van der Waals surface area contributed by atoms with Gasteiger partial charge in [0.2, 0.25) is 0 Å². The Morgan fingerprint density at radius 1 is 1.50 bits per heavy atom. The van der Waals surface area contributed by atoms with Crippen molar-refractivity contribution in [2.75, 3.05) is 26.0 Å². The summed E-state index contributed by atoms with van der Waals surface area (Å²) in [7, 11) is 3.36. The van der Waals surface area contributed by atoms with E-state index in [1.165, 1.54) is 4.90 Å². The van der Waals surface area contributed by atoms with E-state index in [-0.39, 0.29) is 5.91 Å². The van der Waals surface area contributed by atoms with Gasteiger partial charge < -0.3 is 10.2 Å². The van der Waals surface area contributed by atoms with Gasteiger partial charge in [0.15, 0.2) is 5.69 Å². The fraction of sp³-hybridized carbons (Fsp3) is 0.364. The topological polar surface area (TPSA) is 58.1 Å². The van der Waals surface area contributed by atoms with Crippen LogP contribution in [0.1, 0.15) is 16.9 Å². The number of carbonyl (C=O) groups is 1. The standard InChI is InChI=1S/C11H16N4O/c1-4-5-8-12-10-7-6-9(13-14-10)11(16)15(2)3/h4,6-7H,1,5,8H2,2-3H3,(H,12,14). The van der Waals surface area contributed by atoms with E-state index >= 15 is 0 Å². The van der Waals surface area contributed by atoms with Crippen LogP contribution < -0.4 is 5.32 Å². The minimum atomic E-state index is -0.148. The van der Waals surface area contributed by atoms with Crippen molar-refractivity contribution < 1.29 is 4.79 Å². The lowest BCUT2D eigenvalue weighted by Crippen LogP contribution is -2.23. The molecule has 1 heterocycles. The summed E-state index contributed by atoms with van der Waals surface area (Å²) in [5.41, 5.74) is 0.347. The van der Waals surface area contributed by atoms with Gasteiger partial charge in [0.25, 0.3) is 5.91 Å². The molecule has 86 valence electrons. The van der Waals surface area contributed by atoms with Crippen LogP contribution in [0.3, 0.4) is 0 Å². The minimum absolute atomic E-state index is 0.148. The highest BCUT2D eigenvalue weighted by atomic mass is 16.2. The third-order valence-electron chi connectivity index (χ3n) is 1.94. The summed E-state index contributed by atoms with van der Waals surface area (Å²) in [5.74, 6) is 0.516. The summed E-state index contributed by atoms with van der Waals surface area (Å²) in [6.45, 7) is 4.39. The van der Waals surface area contributed by atoms with Crippen molar-refractivity contribution in [2.24, 2.45) is 0 Å². The van der Waals surface area contributed by atoms with Gasteiger partial charge in [0.05, 0.1) is 0 Å². The van der Waals surface area contributed by atoms with Crippen molar-refractivity contribution in [3.63, 3.8) is 0 Å². The van der Waals surface area contributed by atoms with E-state index in [0.717, 1.165) is 13.0 Å². The molecule has 0 aromatic carbocycles. The van der Waals surface area contributed by atoms with Crippen molar-refractivity contribution in [1.29, 1.82) is 0 Å². The average molecular weight is 220 g/mol. The molecule has 0 spiro atoms. The molecule has 0 fully saturated rings. The molecule has 16 heavy (non-hydrogen) atoms. The second-order valence-electron chi connectivity index (χ2n) is 3.51. The Labute approximate surface area is 95.2 Å². The van der Waals surface area contributed by atoms with Crippen LogP contribution >= 0.6 is 0 Å². The van der Waals surface area contributed by atoms with E-state index in [1.54, 1.807) is 26.2 Å². The van der Waals surface area contributed by atoms with E-state index < -0.39 is 0 Å². The van der Waals surface area contributed by atoms with Crippen LogP contribution in [0.25, 0.3) is 0 Å². The maximum absolute atomic E-state index is 11.5. The Morgan fingerprint density at radius 3 is 2.75 bits per heavy atom. The molecular weight excluding hydrogens is 204 g/mol. The van der Waals surface area contributed by atoms with E-state index in [1.807, 2.05) is 6.08 Å². The van der Waals surface area contributed by atoms with Crippen molar-refractivity contribution in [2.45, 2.75) is 6.42 Å². The first-order valence-electron chi connectivity index (χ1n) is 5.05. The summed E-state index contributed by atoms with van der Waals surface area (Å²) in [6.07, 6.45) is 2.68. The van der Waals surface area contributed by atoms with Crippen molar-refractivity contribution in [3.8, 4) is 0 Å². The number of carbonyl (C=O) groups excluding carboxylic acids is 1. The van der Waals surface area contributed by atoms with Gasteiger partial charge in [-0.05, 0) is 18.6 Å². The monoisotopic (exact) mass is 220 g/mol. The highest BCUT2D eigenvalue weighted by Crippen LogP contribution is 2.03. The van der Waals surface area contributed by atoms with E-state index in [9.17, 15) is 4.79 Å². The lowest BCUT2D eigenvalue weighted by Gasteiger charge is -2.09. The number of hydrogen-bond acceptors (Lipinski definition) is 4. The van der Waals surface area contributed by atoms with Crippen LogP contribution in [0, 0.1) is 0 Å². The molecule has 0 saturated carbocycles. The number of nitrogens with one attached hydrogen (secondary N) is 1. The van der Waals surface area contributed by atoms with E-state index in [4.69, 9.17) is 0 Å². The van der Waals surface area contributed by atoms with Crippen molar-refractivity contribution >= 4 is 11.7 Å². The molecule has 0 saturated heterocycles. The normalized spacial score (nSPS) is 9.62. The highest BCUT2D eigenvalue weighted by Gasteiger charge is 2.09. The summed E-state index contributed by atoms with van der Waals surface area (Å²) in [5, 5.41) is 10.8. The highest BCUT2D eigenvalue weighted by molar-refractivity contribution is 5.91. The summed E-state index contributed by atoms with van der Waals surface area (Å²) in [6, 6.07) is 3.40. The largest absolute Gasteiger partial charge is 0.368 e. The smallest absolute Gasteiger partial charge is 0.273 e. The van der Waals surface area contributed by atoms with Crippen LogP contribution in [0.5, 0.6) is 0 Å². The van der Waals surface area contributed by atoms with Gasteiger partial charge in [0, 0.05) is 20.6 Å². The molecule has 1 aromatic heterocycles. The number of nitrogens with zero attached hydrogens (tertiary/aromatic N) is 3. The Balaban J connectivity index is 2.60. The van der Waals surface area contributed by atoms with Crippen LogP contribution in [-0.4, -0.2) is 41.6 Å². The molecule has 0 bridgehead atoms. The fourth-order valence-electron chi connectivity index (χ4n) is 1.07. The zero-order valence-electron chi connectivity index (χ0n) is 9.60. The van der Waals surface area contributed by atoms with Gasteiger partial charge in [-0.15, -0.1) is 16.8 Å². The Kier molecular flexibility index (Phi) is 4.44. The molecule has 1 aromatic rings. The lowest BCUT2D eigenvalue weighted by molar-refractivity contribution is 0.0821. The van der Waals surface area contributed by atoms with Crippen LogP contribution in [0.4, 0.5) is 5.82 Å². The number of aromatic nitrogens is 2. The molecule has 0 aliphatic carbocycles. The van der Waals surface area contributed by atoms with Gasteiger partial charge in [-0.1, -0.05) is 6.08 Å². The molecule has 0 aliphatic heterocycles. The van der Waals surface area contributed by atoms with Crippen LogP contribution in [0.15, 0.2) is 24.8 Å². The fourth-order valence-corrected chi connectivity index (χ4v) is 1.07. The summed E-state index contributed by atoms with van der Waals surface area (Å²) >= 11 is 0. The second-order valence-corrected chi connectivity index (χ2v) is 3.51. The quantitative estimate of drug-likeness (QED) is 0.597. The third-order valence-corrected chi connectivity index (χ3v) is 1.94. The Hall–Kier alpha value is -1.91. The number of hydrogen-bond donors (Lipinski definition) is 1. The minimum Gasteiger partial charge on any atom is -0.368 e. The summed E-state index contributed by atoms with van der Waals surface area (Å²) < 4.78 is 0. The van der Waals surface area contributed by atoms with Gasteiger partial charge in [0.1, 0.15) is 5.82 Å². The summed E-state index contributed by atoms with van der Waals surface area (Å²) in [4.78, 5) is 13.0. The molecule has 0 unspecified atom stereocenters. The van der Waals surface area contributed by atoms with Crippen molar-refractivity contribution in [3.05, 3.63) is 30.5 Å². The van der Waals surface area contributed by atoms with Gasteiger partial charge in [-0.3, -0.25) is 4.79 Å². The molecule has 1 N–H and O–H groups in total. The van der Waals surface area contributed by atoms with Gasteiger partial charge in [-0.2, -0.15) is 0 Å². The molecule has 1 amide bonds. The van der Waals surface area contributed by atoms with E-state index in [0.29, 0.717) is 11.5 Å². The molecule has 1 rings (SSSR count). The SMILES string of the molecule is C=CCCNc1ccc(C(=O)N(C)C)nn1. The number of anilines is 1. The predicted octanol–water partition coefficient (Wildman–Crippen LogP) is 1.17. The van der Waals surface area contributed by atoms with E-state index in [2.05, 4.69) is 22.1 Å². The molecule has 5 heteroatoms. The predicted molar refractivity (Wildman–Crippen MR) is 63.4 cm³/mol. The first-order valence-corrected chi connectivity index (χ1v) is 5.05. The average Bonchev–Trinajstić information content (AvgIpc) is 2.29. The van der Waals surface area contributed by atoms with Crippen molar-refractivity contribution in [1.82, 2.24) is 15.1 Å². The number of rotatable bonds is 5. The second kappa shape index (κ2) is 5.85. The Bertz CT molecular complexity index is 359. The first-order chi connectivity index (χ1) is 7.65. The number of amides is 1. The molecular formula is C11H16N4O. The molecule has 0 aliphatic rings. The molecule has 0 atom stereocenters.